The lowest BCUT2D eigenvalue weighted by atomic mass is 9.96. The maximum Gasteiger partial charge on any atom is -0.0323 e. The summed E-state index contributed by atoms with van der Waals surface area (Å²) in [5.41, 5.74) is 1.43. The maximum atomic E-state index is 4.08. The molecule has 0 N–H and O–H groups in total. The van der Waals surface area contributed by atoms with E-state index in [-0.39, 0.29) is 0 Å². The number of unbranched alkanes of at least 4 members (excludes halogenated alkanes) is 10. The highest BCUT2D eigenvalue weighted by molar-refractivity contribution is 4.91. The van der Waals surface area contributed by atoms with Gasteiger partial charge < -0.3 is 0 Å². The van der Waals surface area contributed by atoms with Crippen LogP contribution in [0.4, 0.5) is 0 Å². The zero-order valence-corrected chi connectivity index (χ0v) is 16.1. The van der Waals surface area contributed by atoms with Crippen LogP contribution in [-0.4, -0.2) is 0 Å². The van der Waals surface area contributed by atoms with Crippen molar-refractivity contribution in [2.75, 3.05) is 0 Å². The van der Waals surface area contributed by atoms with Gasteiger partial charge >= 0.3 is 0 Å². The van der Waals surface area contributed by atoms with Crippen LogP contribution in [0.3, 0.4) is 0 Å². The van der Waals surface area contributed by atoms with Gasteiger partial charge in [0.25, 0.3) is 0 Å². The molecule has 132 valence electrons. The van der Waals surface area contributed by atoms with Crippen molar-refractivity contribution in [2.24, 2.45) is 5.92 Å². The standard InChI is InChI=1S/C22H44/c1-5-7-8-15-19-22(4)20-17-14-12-10-9-11-13-16-18-21(3)6-2/h22H,3,5-20H2,1-2,4H3. The van der Waals surface area contributed by atoms with Crippen molar-refractivity contribution in [3.63, 3.8) is 0 Å². The van der Waals surface area contributed by atoms with Crippen LogP contribution < -0.4 is 0 Å². The van der Waals surface area contributed by atoms with E-state index >= 15 is 0 Å². The minimum atomic E-state index is 0.962. The van der Waals surface area contributed by atoms with E-state index in [2.05, 4.69) is 27.4 Å². The second kappa shape index (κ2) is 17.1. The van der Waals surface area contributed by atoms with Gasteiger partial charge in [-0.25, -0.2) is 0 Å². The van der Waals surface area contributed by atoms with Crippen LogP contribution in [0.2, 0.25) is 0 Å². The average Bonchev–Trinajstić information content (AvgIpc) is 2.53. The fraction of sp³-hybridized carbons (Fsp3) is 0.909. The second-order valence-corrected chi connectivity index (χ2v) is 7.43. The predicted molar refractivity (Wildman–Crippen MR) is 104 cm³/mol. The van der Waals surface area contributed by atoms with E-state index in [4.69, 9.17) is 0 Å². The Labute approximate surface area is 142 Å². The molecular weight excluding hydrogens is 264 g/mol. The van der Waals surface area contributed by atoms with E-state index in [1.54, 1.807) is 0 Å². The third-order valence-corrected chi connectivity index (χ3v) is 5.03. The van der Waals surface area contributed by atoms with Gasteiger partial charge in [0.1, 0.15) is 0 Å². The van der Waals surface area contributed by atoms with Crippen LogP contribution in [0.25, 0.3) is 0 Å². The Morgan fingerprint density at radius 3 is 1.64 bits per heavy atom. The van der Waals surface area contributed by atoms with Crippen molar-refractivity contribution in [2.45, 2.75) is 124 Å². The summed E-state index contributed by atoms with van der Waals surface area (Å²) in [6.45, 7) is 11.1. The minimum Gasteiger partial charge on any atom is -0.0999 e. The molecule has 0 heterocycles. The van der Waals surface area contributed by atoms with Crippen LogP contribution in [0.5, 0.6) is 0 Å². The van der Waals surface area contributed by atoms with Crippen LogP contribution >= 0.6 is 0 Å². The molecule has 0 aliphatic rings. The molecule has 0 bridgehead atoms. The first-order valence-electron chi connectivity index (χ1n) is 10.4. The van der Waals surface area contributed by atoms with Gasteiger partial charge in [-0.1, -0.05) is 116 Å². The molecule has 0 radical (unpaired) electrons. The number of rotatable bonds is 17. The SMILES string of the molecule is C=C(CC)CCCCCCCCCCC(C)CCCCCC. The molecule has 0 spiro atoms. The molecule has 0 saturated heterocycles. The predicted octanol–water partition coefficient (Wildman–Crippen LogP) is 8.46. The summed E-state index contributed by atoms with van der Waals surface area (Å²) in [5, 5.41) is 0. The Morgan fingerprint density at radius 1 is 0.682 bits per heavy atom. The van der Waals surface area contributed by atoms with E-state index in [9.17, 15) is 0 Å². The van der Waals surface area contributed by atoms with Crippen LogP contribution in [0.1, 0.15) is 124 Å². The lowest BCUT2D eigenvalue weighted by Gasteiger charge is -2.10. The van der Waals surface area contributed by atoms with Gasteiger partial charge in [0.05, 0.1) is 0 Å². The Balaban J connectivity index is 3.14. The van der Waals surface area contributed by atoms with Crippen LogP contribution in [0, 0.1) is 5.92 Å². The molecule has 0 saturated carbocycles. The molecule has 0 aliphatic heterocycles. The number of allylic oxidation sites excluding steroid dienone is 1. The summed E-state index contributed by atoms with van der Waals surface area (Å²) in [6, 6.07) is 0. The number of hydrogen-bond acceptors (Lipinski definition) is 0. The van der Waals surface area contributed by atoms with Crippen LogP contribution in [0.15, 0.2) is 12.2 Å². The van der Waals surface area contributed by atoms with E-state index in [1.807, 2.05) is 0 Å². The van der Waals surface area contributed by atoms with Gasteiger partial charge in [-0.2, -0.15) is 0 Å². The minimum absolute atomic E-state index is 0.962. The van der Waals surface area contributed by atoms with Crippen molar-refractivity contribution < 1.29 is 0 Å². The van der Waals surface area contributed by atoms with Gasteiger partial charge in [-0.15, -0.1) is 0 Å². The van der Waals surface area contributed by atoms with Gasteiger partial charge in [0.2, 0.25) is 0 Å². The Kier molecular flexibility index (Phi) is 16.9. The van der Waals surface area contributed by atoms with Crippen molar-refractivity contribution in [1.29, 1.82) is 0 Å². The molecule has 0 aliphatic carbocycles. The zero-order valence-electron chi connectivity index (χ0n) is 16.1. The summed E-state index contributed by atoms with van der Waals surface area (Å²) < 4.78 is 0. The summed E-state index contributed by atoms with van der Waals surface area (Å²) in [6.07, 6.45) is 22.6. The molecule has 0 nitrogen and oxygen atoms in total. The molecule has 0 heteroatoms. The van der Waals surface area contributed by atoms with Crippen LogP contribution in [-0.2, 0) is 0 Å². The molecule has 0 aromatic rings. The molecule has 0 aromatic heterocycles. The fourth-order valence-electron chi connectivity index (χ4n) is 3.17. The first-order chi connectivity index (χ1) is 10.7. The molecule has 0 fully saturated rings. The lowest BCUT2D eigenvalue weighted by molar-refractivity contribution is 0.433. The first kappa shape index (κ1) is 21.7. The third-order valence-electron chi connectivity index (χ3n) is 5.03. The molecule has 0 amide bonds. The maximum absolute atomic E-state index is 4.08. The fourth-order valence-corrected chi connectivity index (χ4v) is 3.17. The molecule has 1 unspecified atom stereocenters. The summed E-state index contributed by atoms with van der Waals surface area (Å²) in [7, 11) is 0. The third kappa shape index (κ3) is 16.1. The largest absolute Gasteiger partial charge is 0.0999 e. The highest BCUT2D eigenvalue weighted by Crippen LogP contribution is 2.18. The Morgan fingerprint density at radius 2 is 1.14 bits per heavy atom. The normalized spacial score (nSPS) is 12.5. The van der Waals surface area contributed by atoms with Gasteiger partial charge in [0, 0.05) is 0 Å². The molecule has 0 rings (SSSR count). The van der Waals surface area contributed by atoms with Crippen molar-refractivity contribution in [1.82, 2.24) is 0 Å². The Bertz CT molecular complexity index is 228. The van der Waals surface area contributed by atoms with E-state index in [0.717, 1.165) is 12.3 Å². The topological polar surface area (TPSA) is 0 Å². The second-order valence-electron chi connectivity index (χ2n) is 7.43. The van der Waals surface area contributed by atoms with Gasteiger partial charge in [0.15, 0.2) is 0 Å². The highest BCUT2D eigenvalue weighted by Gasteiger charge is 2.01. The first-order valence-corrected chi connectivity index (χ1v) is 10.4. The smallest absolute Gasteiger partial charge is 0.0323 e. The summed E-state index contributed by atoms with van der Waals surface area (Å²) in [4.78, 5) is 0. The van der Waals surface area contributed by atoms with Crippen molar-refractivity contribution >= 4 is 0 Å². The lowest BCUT2D eigenvalue weighted by Crippen LogP contribution is -1.95. The summed E-state index contributed by atoms with van der Waals surface area (Å²) >= 11 is 0. The van der Waals surface area contributed by atoms with E-state index < -0.39 is 0 Å². The quantitative estimate of drug-likeness (QED) is 0.187. The number of hydrogen-bond donors (Lipinski definition) is 0. The molecule has 0 aromatic carbocycles. The van der Waals surface area contributed by atoms with Crippen molar-refractivity contribution in [3.05, 3.63) is 12.2 Å². The van der Waals surface area contributed by atoms with Crippen molar-refractivity contribution in [3.8, 4) is 0 Å². The summed E-state index contributed by atoms with van der Waals surface area (Å²) in [5.74, 6) is 0.962. The molecular formula is C22H44. The van der Waals surface area contributed by atoms with E-state index in [0.29, 0.717) is 0 Å². The monoisotopic (exact) mass is 308 g/mol. The van der Waals surface area contributed by atoms with Gasteiger partial charge in [-0.3, -0.25) is 0 Å². The Hall–Kier alpha value is -0.260. The average molecular weight is 309 g/mol. The molecule has 1 atom stereocenters. The highest BCUT2D eigenvalue weighted by atomic mass is 14.1. The van der Waals surface area contributed by atoms with E-state index in [1.165, 1.54) is 102 Å². The van der Waals surface area contributed by atoms with Gasteiger partial charge in [-0.05, 0) is 25.2 Å². The molecule has 22 heavy (non-hydrogen) atoms. The zero-order chi connectivity index (χ0) is 16.5.